The molecule has 2 N–H and O–H groups in total. The first-order valence-corrected chi connectivity index (χ1v) is 5.67. The number of nitrogens with zero attached hydrogens (tertiary/aromatic N) is 1. The largest absolute Gasteiger partial charge is 0.481 e. The standard InChI is InChI=1S/C12H14N2O5/c1-8-9(4-2-5-10(8)14(18)19)13-11(15)6-3-7-12(16)17/h2,4-5H,3,6-7H2,1H3,(H,13,15)(H,16,17). The van der Waals surface area contributed by atoms with Crippen molar-refractivity contribution in [3.05, 3.63) is 33.9 Å². The third-order valence-corrected chi connectivity index (χ3v) is 2.57. The quantitative estimate of drug-likeness (QED) is 0.605. The molecule has 0 radical (unpaired) electrons. The van der Waals surface area contributed by atoms with Crippen LogP contribution in [0.4, 0.5) is 11.4 Å². The maximum Gasteiger partial charge on any atom is 0.303 e. The summed E-state index contributed by atoms with van der Waals surface area (Å²) >= 11 is 0. The minimum Gasteiger partial charge on any atom is -0.481 e. The summed E-state index contributed by atoms with van der Waals surface area (Å²) in [5.41, 5.74) is 0.678. The van der Waals surface area contributed by atoms with Gasteiger partial charge in [-0.25, -0.2) is 0 Å². The van der Waals surface area contributed by atoms with E-state index in [1.54, 1.807) is 13.0 Å². The summed E-state index contributed by atoms with van der Waals surface area (Å²) in [6.45, 7) is 1.55. The molecule has 7 nitrogen and oxygen atoms in total. The molecule has 0 atom stereocenters. The summed E-state index contributed by atoms with van der Waals surface area (Å²) in [6, 6.07) is 4.41. The van der Waals surface area contributed by atoms with Crippen LogP contribution in [0.5, 0.6) is 0 Å². The molecule has 1 rings (SSSR count). The highest BCUT2D eigenvalue weighted by Crippen LogP contribution is 2.25. The molecule has 1 aromatic rings. The lowest BCUT2D eigenvalue weighted by atomic mass is 10.1. The van der Waals surface area contributed by atoms with Crippen LogP contribution in [0.15, 0.2) is 18.2 Å². The normalized spacial score (nSPS) is 9.95. The van der Waals surface area contributed by atoms with Crippen molar-refractivity contribution in [2.45, 2.75) is 26.2 Å². The highest BCUT2D eigenvalue weighted by molar-refractivity contribution is 5.92. The van der Waals surface area contributed by atoms with Crippen LogP contribution in [0.25, 0.3) is 0 Å². The van der Waals surface area contributed by atoms with Gasteiger partial charge in [-0.3, -0.25) is 19.7 Å². The first kappa shape index (κ1) is 14.6. The molecule has 0 aliphatic carbocycles. The second-order valence-corrected chi connectivity index (χ2v) is 4.00. The molecule has 19 heavy (non-hydrogen) atoms. The zero-order valence-corrected chi connectivity index (χ0v) is 10.4. The van der Waals surface area contributed by atoms with Gasteiger partial charge in [-0.05, 0) is 19.4 Å². The molecule has 0 spiro atoms. The highest BCUT2D eigenvalue weighted by Gasteiger charge is 2.14. The Balaban J connectivity index is 2.67. The van der Waals surface area contributed by atoms with Gasteiger partial charge in [0.2, 0.25) is 5.91 Å². The first-order chi connectivity index (χ1) is 8.91. The Labute approximate surface area is 109 Å². The number of aliphatic carboxylic acids is 1. The lowest BCUT2D eigenvalue weighted by Gasteiger charge is -2.08. The minimum atomic E-state index is -0.959. The van der Waals surface area contributed by atoms with Crippen molar-refractivity contribution < 1.29 is 19.6 Å². The van der Waals surface area contributed by atoms with E-state index in [0.29, 0.717) is 11.3 Å². The summed E-state index contributed by atoms with van der Waals surface area (Å²) < 4.78 is 0. The monoisotopic (exact) mass is 266 g/mol. The Morgan fingerprint density at radius 3 is 2.63 bits per heavy atom. The molecule has 102 valence electrons. The summed E-state index contributed by atoms with van der Waals surface area (Å²) in [5, 5.41) is 21.7. The van der Waals surface area contributed by atoms with E-state index in [-0.39, 0.29) is 30.9 Å². The summed E-state index contributed by atoms with van der Waals surface area (Å²) in [7, 11) is 0. The number of carboxylic acid groups (broad SMARTS) is 1. The van der Waals surface area contributed by atoms with Crippen LogP contribution >= 0.6 is 0 Å². The van der Waals surface area contributed by atoms with Crippen LogP contribution < -0.4 is 5.32 Å². The van der Waals surface area contributed by atoms with E-state index in [1.807, 2.05) is 0 Å². The second-order valence-electron chi connectivity index (χ2n) is 4.00. The number of hydrogen-bond acceptors (Lipinski definition) is 4. The number of rotatable bonds is 6. The molecule has 0 saturated heterocycles. The zero-order chi connectivity index (χ0) is 14.4. The van der Waals surface area contributed by atoms with Crippen molar-refractivity contribution in [3.8, 4) is 0 Å². The molecule has 1 aromatic carbocycles. The molecule has 0 aliphatic heterocycles. The lowest BCUT2D eigenvalue weighted by Crippen LogP contribution is -2.13. The van der Waals surface area contributed by atoms with Gasteiger partial charge >= 0.3 is 5.97 Å². The van der Waals surface area contributed by atoms with Crippen LogP contribution in [0.1, 0.15) is 24.8 Å². The topological polar surface area (TPSA) is 110 Å². The molecule has 0 unspecified atom stereocenters. The van der Waals surface area contributed by atoms with Gasteiger partial charge < -0.3 is 10.4 Å². The Hall–Kier alpha value is -2.44. The molecule has 1 amide bonds. The average Bonchev–Trinajstić information content (AvgIpc) is 2.31. The molecule has 0 saturated carbocycles. The molecule has 0 heterocycles. The SMILES string of the molecule is Cc1c(NC(=O)CCCC(=O)O)cccc1[N+](=O)[O-]. The van der Waals surface area contributed by atoms with Crippen molar-refractivity contribution in [3.63, 3.8) is 0 Å². The third kappa shape index (κ3) is 4.38. The Morgan fingerprint density at radius 2 is 2.05 bits per heavy atom. The van der Waals surface area contributed by atoms with Crippen molar-refractivity contribution in [1.82, 2.24) is 0 Å². The molecule has 0 aromatic heterocycles. The summed E-state index contributed by atoms with van der Waals surface area (Å²) in [6.07, 6.45) is 0.213. The van der Waals surface area contributed by atoms with Gasteiger partial charge in [0, 0.05) is 18.9 Å². The minimum absolute atomic E-state index is 0.0639. The fraction of sp³-hybridized carbons (Fsp3) is 0.333. The van der Waals surface area contributed by atoms with Gasteiger partial charge in [0.15, 0.2) is 0 Å². The number of carbonyl (C=O) groups is 2. The number of nitro groups is 1. The van der Waals surface area contributed by atoms with Crippen molar-refractivity contribution in [2.24, 2.45) is 0 Å². The molecular weight excluding hydrogens is 252 g/mol. The number of hydrogen-bond donors (Lipinski definition) is 2. The predicted octanol–water partition coefficient (Wildman–Crippen LogP) is 2.10. The average molecular weight is 266 g/mol. The van der Waals surface area contributed by atoms with E-state index in [0.717, 1.165) is 0 Å². The van der Waals surface area contributed by atoms with Crippen molar-refractivity contribution in [1.29, 1.82) is 0 Å². The molecular formula is C12H14N2O5. The Morgan fingerprint density at radius 1 is 1.37 bits per heavy atom. The van der Waals surface area contributed by atoms with Gasteiger partial charge in [-0.15, -0.1) is 0 Å². The second kappa shape index (κ2) is 6.48. The maximum absolute atomic E-state index is 11.6. The summed E-state index contributed by atoms with van der Waals surface area (Å²) in [4.78, 5) is 32.1. The number of nitrogens with one attached hydrogen (secondary N) is 1. The van der Waals surface area contributed by atoms with E-state index in [4.69, 9.17) is 5.11 Å². The fourth-order valence-electron chi connectivity index (χ4n) is 1.57. The van der Waals surface area contributed by atoms with E-state index in [1.165, 1.54) is 12.1 Å². The van der Waals surface area contributed by atoms with E-state index >= 15 is 0 Å². The van der Waals surface area contributed by atoms with Crippen LogP contribution in [-0.4, -0.2) is 21.9 Å². The lowest BCUT2D eigenvalue weighted by molar-refractivity contribution is -0.385. The number of amides is 1. The van der Waals surface area contributed by atoms with Crippen molar-refractivity contribution in [2.75, 3.05) is 5.32 Å². The number of nitro benzene ring substituents is 1. The Bertz CT molecular complexity index is 513. The number of anilines is 1. The van der Waals surface area contributed by atoms with E-state index < -0.39 is 10.9 Å². The van der Waals surface area contributed by atoms with E-state index in [2.05, 4.69) is 5.32 Å². The van der Waals surface area contributed by atoms with Gasteiger partial charge in [0.05, 0.1) is 16.2 Å². The molecule has 0 aliphatic rings. The molecule has 0 bridgehead atoms. The third-order valence-electron chi connectivity index (χ3n) is 2.57. The molecule has 7 heteroatoms. The number of carbonyl (C=O) groups excluding carboxylic acids is 1. The van der Waals surface area contributed by atoms with Crippen molar-refractivity contribution >= 4 is 23.3 Å². The van der Waals surface area contributed by atoms with Gasteiger partial charge in [-0.1, -0.05) is 6.07 Å². The van der Waals surface area contributed by atoms with Crippen LogP contribution in [0, 0.1) is 17.0 Å². The Kier molecular flexibility index (Phi) is 4.99. The maximum atomic E-state index is 11.6. The van der Waals surface area contributed by atoms with Crippen LogP contribution in [0.2, 0.25) is 0 Å². The van der Waals surface area contributed by atoms with Crippen LogP contribution in [-0.2, 0) is 9.59 Å². The fourth-order valence-corrected chi connectivity index (χ4v) is 1.57. The first-order valence-electron chi connectivity index (χ1n) is 5.67. The number of carboxylic acids is 1. The number of benzene rings is 1. The van der Waals surface area contributed by atoms with Gasteiger partial charge in [0.1, 0.15) is 0 Å². The van der Waals surface area contributed by atoms with Crippen LogP contribution in [0.3, 0.4) is 0 Å². The smallest absolute Gasteiger partial charge is 0.303 e. The summed E-state index contributed by atoms with van der Waals surface area (Å²) in [5.74, 6) is -1.32. The van der Waals surface area contributed by atoms with E-state index in [9.17, 15) is 19.7 Å². The van der Waals surface area contributed by atoms with Gasteiger partial charge in [-0.2, -0.15) is 0 Å². The molecule has 0 fully saturated rings. The zero-order valence-electron chi connectivity index (χ0n) is 10.4. The van der Waals surface area contributed by atoms with Gasteiger partial charge in [0.25, 0.3) is 5.69 Å². The highest BCUT2D eigenvalue weighted by atomic mass is 16.6. The predicted molar refractivity (Wildman–Crippen MR) is 67.9 cm³/mol.